The fraction of sp³-hybridized carbons (Fsp3) is 0.0500. The van der Waals surface area contributed by atoms with Gasteiger partial charge in [-0.2, -0.15) is 13.2 Å². The molecule has 0 radical (unpaired) electrons. The quantitative estimate of drug-likeness (QED) is 0.489. The second kappa shape index (κ2) is 6.81. The molecule has 0 fully saturated rings. The number of nitrogens with one attached hydrogen (secondary N) is 1. The van der Waals surface area contributed by atoms with Crippen molar-refractivity contribution in [2.75, 3.05) is 5.32 Å². The van der Waals surface area contributed by atoms with Crippen LogP contribution in [0.2, 0.25) is 0 Å². The molecule has 25 heavy (non-hydrogen) atoms. The standard InChI is InChI=1S/C20H14F3NO/c21-20(22,23)15-8-10-16(11-9-15)24-13-12-19(25)18-7-3-5-14-4-1-2-6-17(14)18/h1-13,24H/b13-12-. The van der Waals surface area contributed by atoms with Crippen LogP contribution in [0.15, 0.2) is 79.0 Å². The van der Waals surface area contributed by atoms with Crippen molar-refractivity contribution in [1.82, 2.24) is 0 Å². The van der Waals surface area contributed by atoms with Crippen molar-refractivity contribution in [3.63, 3.8) is 0 Å². The minimum Gasteiger partial charge on any atom is -0.362 e. The van der Waals surface area contributed by atoms with Crippen LogP contribution < -0.4 is 5.32 Å². The Labute approximate surface area is 142 Å². The largest absolute Gasteiger partial charge is 0.416 e. The van der Waals surface area contributed by atoms with Crippen molar-refractivity contribution in [3.8, 4) is 0 Å². The Morgan fingerprint density at radius 1 is 0.880 bits per heavy atom. The normalized spacial score (nSPS) is 11.8. The first-order valence-electron chi connectivity index (χ1n) is 7.57. The van der Waals surface area contributed by atoms with Gasteiger partial charge in [-0.15, -0.1) is 0 Å². The number of hydrogen-bond donors (Lipinski definition) is 1. The highest BCUT2D eigenvalue weighted by Crippen LogP contribution is 2.29. The van der Waals surface area contributed by atoms with E-state index in [2.05, 4.69) is 5.32 Å². The van der Waals surface area contributed by atoms with Gasteiger partial charge in [-0.1, -0.05) is 42.5 Å². The van der Waals surface area contributed by atoms with Crippen LogP contribution in [-0.2, 0) is 6.18 Å². The minimum absolute atomic E-state index is 0.184. The third-order valence-corrected chi connectivity index (χ3v) is 3.75. The number of benzene rings is 3. The third kappa shape index (κ3) is 3.88. The average molecular weight is 341 g/mol. The monoisotopic (exact) mass is 341 g/mol. The molecule has 3 aromatic rings. The molecule has 0 spiro atoms. The number of carbonyl (C=O) groups excluding carboxylic acids is 1. The molecule has 0 unspecified atom stereocenters. The van der Waals surface area contributed by atoms with Gasteiger partial charge in [0.1, 0.15) is 0 Å². The van der Waals surface area contributed by atoms with E-state index in [1.807, 2.05) is 36.4 Å². The summed E-state index contributed by atoms with van der Waals surface area (Å²) in [6.07, 6.45) is -1.58. The molecule has 3 aromatic carbocycles. The van der Waals surface area contributed by atoms with Crippen molar-refractivity contribution in [1.29, 1.82) is 0 Å². The summed E-state index contributed by atoms with van der Waals surface area (Å²) in [5.74, 6) is -0.184. The highest BCUT2D eigenvalue weighted by atomic mass is 19.4. The van der Waals surface area contributed by atoms with E-state index in [0.29, 0.717) is 11.3 Å². The van der Waals surface area contributed by atoms with Crippen LogP contribution in [0.4, 0.5) is 18.9 Å². The lowest BCUT2D eigenvalue weighted by molar-refractivity contribution is -0.137. The molecule has 0 heterocycles. The number of allylic oxidation sites excluding steroid dienone is 1. The zero-order chi connectivity index (χ0) is 17.9. The Morgan fingerprint density at radius 2 is 1.56 bits per heavy atom. The van der Waals surface area contributed by atoms with E-state index >= 15 is 0 Å². The summed E-state index contributed by atoms with van der Waals surface area (Å²) in [6, 6.07) is 17.7. The Morgan fingerprint density at radius 3 is 2.28 bits per heavy atom. The number of rotatable bonds is 4. The molecule has 126 valence electrons. The molecule has 0 aliphatic heterocycles. The minimum atomic E-state index is -4.36. The number of fused-ring (bicyclic) bond motifs is 1. The van der Waals surface area contributed by atoms with Gasteiger partial charge < -0.3 is 5.32 Å². The van der Waals surface area contributed by atoms with Gasteiger partial charge in [-0.05, 0) is 35.0 Å². The van der Waals surface area contributed by atoms with Crippen LogP contribution in [0.1, 0.15) is 15.9 Å². The third-order valence-electron chi connectivity index (χ3n) is 3.75. The highest BCUT2D eigenvalue weighted by molar-refractivity contribution is 6.13. The molecular formula is C20H14F3NO. The fourth-order valence-corrected chi connectivity index (χ4v) is 2.50. The van der Waals surface area contributed by atoms with Crippen LogP contribution in [0, 0.1) is 0 Å². The predicted octanol–water partition coefficient (Wildman–Crippen LogP) is 5.67. The van der Waals surface area contributed by atoms with Gasteiger partial charge in [-0.3, -0.25) is 4.79 Å². The Hall–Kier alpha value is -3.08. The summed E-state index contributed by atoms with van der Waals surface area (Å²) in [7, 11) is 0. The molecule has 0 aliphatic carbocycles. The number of anilines is 1. The highest BCUT2D eigenvalue weighted by Gasteiger charge is 2.29. The maximum absolute atomic E-state index is 12.5. The van der Waals surface area contributed by atoms with Crippen LogP contribution in [0.25, 0.3) is 10.8 Å². The van der Waals surface area contributed by atoms with Crippen LogP contribution >= 0.6 is 0 Å². The smallest absolute Gasteiger partial charge is 0.362 e. The maximum atomic E-state index is 12.5. The molecule has 0 bridgehead atoms. The van der Waals surface area contributed by atoms with Crippen molar-refractivity contribution < 1.29 is 18.0 Å². The number of alkyl halides is 3. The topological polar surface area (TPSA) is 29.1 Å². The Kier molecular flexibility index (Phi) is 4.57. The van der Waals surface area contributed by atoms with Crippen LogP contribution in [-0.4, -0.2) is 5.78 Å². The average Bonchev–Trinajstić information content (AvgIpc) is 2.61. The van der Waals surface area contributed by atoms with E-state index in [1.165, 1.54) is 24.4 Å². The number of hydrogen-bond acceptors (Lipinski definition) is 2. The number of halogens is 3. The first-order chi connectivity index (χ1) is 11.9. The van der Waals surface area contributed by atoms with Crippen molar-refractivity contribution in [2.45, 2.75) is 6.18 Å². The molecule has 0 atom stereocenters. The number of carbonyl (C=O) groups is 1. The van der Waals surface area contributed by atoms with Crippen LogP contribution in [0.5, 0.6) is 0 Å². The van der Waals surface area contributed by atoms with Gasteiger partial charge in [0.15, 0.2) is 5.78 Å². The summed E-state index contributed by atoms with van der Waals surface area (Å²) in [5, 5.41) is 4.63. The van der Waals surface area contributed by atoms with E-state index in [4.69, 9.17) is 0 Å². The second-order valence-corrected chi connectivity index (χ2v) is 5.44. The van der Waals surface area contributed by atoms with Gasteiger partial charge in [0.05, 0.1) is 5.56 Å². The van der Waals surface area contributed by atoms with Crippen molar-refractivity contribution in [2.24, 2.45) is 0 Å². The predicted molar refractivity (Wildman–Crippen MR) is 92.5 cm³/mol. The molecule has 0 aromatic heterocycles. The molecule has 5 heteroatoms. The molecule has 1 N–H and O–H groups in total. The zero-order valence-electron chi connectivity index (χ0n) is 13.0. The van der Waals surface area contributed by atoms with E-state index in [-0.39, 0.29) is 5.78 Å². The summed E-state index contributed by atoms with van der Waals surface area (Å²) in [6.45, 7) is 0. The maximum Gasteiger partial charge on any atom is 0.416 e. The van der Waals surface area contributed by atoms with E-state index in [9.17, 15) is 18.0 Å². The van der Waals surface area contributed by atoms with E-state index < -0.39 is 11.7 Å². The summed E-state index contributed by atoms with van der Waals surface area (Å²) < 4.78 is 37.5. The molecule has 3 rings (SSSR count). The van der Waals surface area contributed by atoms with Gasteiger partial charge in [0.2, 0.25) is 0 Å². The molecule has 0 aliphatic rings. The van der Waals surface area contributed by atoms with Crippen LogP contribution in [0.3, 0.4) is 0 Å². The molecule has 2 nitrogen and oxygen atoms in total. The Bertz CT molecular complexity index is 922. The van der Waals surface area contributed by atoms with Gasteiger partial charge >= 0.3 is 6.18 Å². The summed E-state index contributed by atoms with van der Waals surface area (Å²) in [4.78, 5) is 12.4. The molecule has 0 saturated heterocycles. The lowest BCUT2D eigenvalue weighted by Crippen LogP contribution is -2.04. The van der Waals surface area contributed by atoms with E-state index in [0.717, 1.165) is 22.9 Å². The van der Waals surface area contributed by atoms with Crippen molar-refractivity contribution >= 4 is 22.2 Å². The fourth-order valence-electron chi connectivity index (χ4n) is 2.50. The first kappa shape index (κ1) is 16.8. The Balaban J connectivity index is 1.72. The molecule has 0 amide bonds. The van der Waals surface area contributed by atoms with Crippen molar-refractivity contribution in [3.05, 3.63) is 90.1 Å². The second-order valence-electron chi connectivity index (χ2n) is 5.44. The first-order valence-corrected chi connectivity index (χ1v) is 7.57. The van der Waals surface area contributed by atoms with Gasteiger partial charge in [-0.25, -0.2) is 0 Å². The SMILES string of the molecule is O=C(/C=C\Nc1ccc(C(F)(F)F)cc1)c1cccc2ccccc12. The van der Waals surface area contributed by atoms with E-state index in [1.54, 1.807) is 6.07 Å². The number of ketones is 1. The molecule has 0 saturated carbocycles. The van der Waals surface area contributed by atoms with Gasteiger partial charge in [0, 0.05) is 23.5 Å². The summed E-state index contributed by atoms with van der Waals surface area (Å²) >= 11 is 0. The lowest BCUT2D eigenvalue weighted by atomic mass is 10.0. The lowest BCUT2D eigenvalue weighted by Gasteiger charge is -2.07. The zero-order valence-corrected chi connectivity index (χ0v) is 13.0. The van der Waals surface area contributed by atoms with Gasteiger partial charge in [0.25, 0.3) is 0 Å². The molecular weight excluding hydrogens is 327 g/mol. The summed E-state index contributed by atoms with van der Waals surface area (Å²) in [5.41, 5.74) is 0.326.